The third kappa shape index (κ3) is 3.59. The summed E-state index contributed by atoms with van der Waals surface area (Å²) in [4.78, 5) is 31.7. The zero-order chi connectivity index (χ0) is 20.7. The van der Waals surface area contributed by atoms with E-state index in [1.54, 1.807) is 9.80 Å². The molecule has 0 spiro atoms. The molecule has 2 saturated heterocycles. The van der Waals surface area contributed by atoms with Gasteiger partial charge in [0.15, 0.2) is 0 Å². The monoisotopic (exact) mass is 402 g/mol. The van der Waals surface area contributed by atoms with Crippen LogP contribution in [-0.4, -0.2) is 63.3 Å². The molecule has 1 unspecified atom stereocenters. The lowest BCUT2D eigenvalue weighted by Crippen LogP contribution is -2.66. The minimum absolute atomic E-state index is 0.0564. The second kappa shape index (κ2) is 7.61. The standard InChI is InChI=1S/C24H26N4O2/c1-25-9-8-19(13-25)15-27-17-23(29)28-11-10-26(16-22(28)24(27)30)14-18-6-7-20-4-2-3-5-21(20)12-18/h2-9,12-13,22H,10-11,14-17H2,1H3. The average molecular weight is 402 g/mol. The Morgan fingerprint density at radius 2 is 1.77 bits per heavy atom. The van der Waals surface area contributed by atoms with Crippen LogP contribution < -0.4 is 0 Å². The van der Waals surface area contributed by atoms with Crippen LogP contribution in [0.3, 0.4) is 0 Å². The first-order valence-corrected chi connectivity index (χ1v) is 10.5. The summed E-state index contributed by atoms with van der Waals surface area (Å²) in [5, 5.41) is 2.46. The van der Waals surface area contributed by atoms with E-state index in [4.69, 9.17) is 0 Å². The van der Waals surface area contributed by atoms with Crippen LogP contribution in [0, 0.1) is 0 Å². The predicted octanol–water partition coefficient (Wildman–Crippen LogP) is 2.23. The third-order valence-electron chi connectivity index (χ3n) is 6.19. The maximum absolute atomic E-state index is 13.2. The van der Waals surface area contributed by atoms with Crippen molar-refractivity contribution < 1.29 is 9.59 Å². The van der Waals surface area contributed by atoms with Gasteiger partial charge in [-0.15, -0.1) is 0 Å². The molecule has 3 aromatic rings. The molecular weight excluding hydrogens is 376 g/mol. The van der Waals surface area contributed by atoms with E-state index in [-0.39, 0.29) is 24.4 Å². The zero-order valence-electron chi connectivity index (χ0n) is 17.2. The smallest absolute Gasteiger partial charge is 0.247 e. The molecule has 6 nitrogen and oxygen atoms in total. The zero-order valence-corrected chi connectivity index (χ0v) is 17.2. The number of aryl methyl sites for hydroxylation is 1. The van der Waals surface area contributed by atoms with Gasteiger partial charge in [0.25, 0.3) is 0 Å². The van der Waals surface area contributed by atoms with Crippen LogP contribution in [0.15, 0.2) is 60.9 Å². The molecule has 0 saturated carbocycles. The SMILES string of the molecule is Cn1ccc(CN2CC(=O)N3CCN(Cc4ccc5ccccc5c4)CC3C2=O)c1. The molecule has 0 radical (unpaired) electrons. The normalized spacial score (nSPS) is 20.1. The van der Waals surface area contributed by atoms with Crippen molar-refractivity contribution in [2.75, 3.05) is 26.2 Å². The predicted molar refractivity (Wildman–Crippen MR) is 116 cm³/mol. The van der Waals surface area contributed by atoms with Crippen LogP contribution in [-0.2, 0) is 29.7 Å². The number of hydrogen-bond acceptors (Lipinski definition) is 3. The van der Waals surface area contributed by atoms with Crippen LogP contribution >= 0.6 is 0 Å². The topological polar surface area (TPSA) is 48.8 Å². The molecule has 2 aliphatic heterocycles. The van der Waals surface area contributed by atoms with E-state index in [0.29, 0.717) is 19.6 Å². The van der Waals surface area contributed by atoms with Gasteiger partial charge in [-0.1, -0.05) is 36.4 Å². The first-order chi connectivity index (χ1) is 14.6. The minimum atomic E-state index is -0.385. The summed E-state index contributed by atoms with van der Waals surface area (Å²) in [6.07, 6.45) is 3.96. The maximum atomic E-state index is 13.2. The number of piperazine rings is 2. The molecule has 6 heteroatoms. The second-order valence-electron chi connectivity index (χ2n) is 8.40. The highest BCUT2D eigenvalue weighted by Crippen LogP contribution is 2.22. The lowest BCUT2D eigenvalue weighted by atomic mass is 10.0. The fourth-order valence-electron chi connectivity index (χ4n) is 4.64. The van der Waals surface area contributed by atoms with Crippen LogP contribution in [0.5, 0.6) is 0 Å². The van der Waals surface area contributed by atoms with Crippen molar-refractivity contribution in [1.82, 2.24) is 19.3 Å². The summed E-state index contributed by atoms with van der Waals surface area (Å²) >= 11 is 0. The molecule has 1 aromatic heterocycles. The van der Waals surface area contributed by atoms with Crippen LogP contribution in [0.4, 0.5) is 0 Å². The highest BCUT2D eigenvalue weighted by atomic mass is 16.2. The van der Waals surface area contributed by atoms with Gasteiger partial charge in [-0.05, 0) is 34.0 Å². The van der Waals surface area contributed by atoms with Gasteiger partial charge < -0.3 is 14.4 Å². The summed E-state index contributed by atoms with van der Waals surface area (Å²) in [5.41, 5.74) is 2.29. The molecule has 154 valence electrons. The Hall–Kier alpha value is -3.12. The van der Waals surface area contributed by atoms with E-state index < -0.39 is 0 Å². The number of rotatable bonds is 4. The lowest BCUT2D eigenvalue weighted by molar-refractivity contribution is -0.160. The number of nitrogens with zero attached hydrogens (tertiary/aromatic N) is 4. The van der Waals surface area contributed by atoms with E-state index >= 15 is 0 Å². The number of benzene rings is 2. The van der Waals surface area contributed by atoms with Crippen LogP contribution in [0.2, 0.25) is 0 Å². The second-order valence-corrected chi connectivity index (χ2v) is 8.40. The van der Waals surface area contributed by atoms with Gasteiger partial charge in [-0.3, -0.25) is 14.5 Å². The van der Waals surface area contributed by atoms with Crippen molar-refractivity contribution in [1.29, 1.82) is 0 Å². The molecule has 0 aliphatic carbocycles. The van der Waals surface area contributed by atoms with Gasteiger partial charge in [0, 0.05) is 52.2 Å². The molecular formula is C24H26N4O2. The quantitative estimate of drug-likeness (QED) is 0.673. The Kier molecular flexibility index (Phi) is 4.79. The summed E-state index contributed by atoms with van der Waals surface area (Å²) in [6, 6.07) is 16.5. The van der Waals surface area contributed by atoms with Crippen molar-refractivity contribution >= 4 is 22.6 Å². The Morgan fingerprint density at radius 1 is 0.933 bits per heavy atom. The van der Waals surface area contributed by atoms with Gasteiger partial charge in [0.05, 0.1) is 0 Å². The van der Waals surface area contributed by atoms with E-state index in [0.717, 1.165) is 18.7 Å². The molecule has 0 N–H and O–H groups in total. The Bertz CT molecular complexity index is 1110. The van der Waals surface area contributed by atoms with Gasteiger partial charge in [0.2, 0.25) is 11.8 Å². The van der Waals surface area contributed by atoms with E-state index in [9.17, 15) is 9.59 Å². The van der Waals surface area contributed by atoms with Crippen molar-refractivity contribution in [3.05, 3.63) is 72.1 Å². The molecule has 2 fully saturated rings. The summed E-state index contributed by atoms with van der Waals surface area (Å²) in [5.74, 6) is 0.113. The summed E-state index contributed by atoms with van der Waals surface area (Å²) < 4.78 is 1.96. The molecule has 2 amide bonds. The highest BCUT2D eigenvalue weighted by Gasteiger charge is 2.42. The van der Waals surface area contributed by atoms with Gasteiger partial charge in [0.1, 0.15) is 12.6 Å². The Labute approximate surface area is 176 Å². The van der Waals surface area contributed by atoms with Gasteiger partial charge >= 0.3 is 0 Å². The number of fused-ring (bicyclic) bond motifs is 2. The number of aromatic nitrogens is 1. The maximum Gasteiger partial charge on any atom is 0.247 e. The molecule has 1 atom stereocenters. The molecule has 2 aromatic carbocycles. The van der Waals surface area contributed by atoms with Crippen molar-refractivity contribution in [3.8, 4) is 0 Å². The van der Waals surface area contributed by atoms with Crippen molar-refractivity contribution in [2.24, 2.45) is 7.05 Å². The first-order valence-electron chi connectivity index (χ1n) is 10.5. The number of amides is 2. The Balaban J connectivity index is 1.30. The lowest BCUT2D eigenvalue weighted by Gasteiger charge is -2.46. The van der Waals surface area contributed by atoms with Crippen LogP contribution in [0.25, 0.3) is 10.8 Å². The third-order valence-corrected chi connectivity index (χ3v) is 6.19. The van der Waals surface area contributed by atoms with Crippen molar-refractivity contribution in [3.63, 3.8) is 0 Å². The van der Waals surface area contributed by atoms with Crippen molar-refractivity contribution in [2.45, 2.75) is 19.1 Å². The molecule has 2 aliphatic rings. The number of carbonyl (C=O) groups is 2. The number of carbonyl (C=O) groups excluding carboxylic acids is 2. The molecule has 30 heavy (non-hydrogen) atoms. The highest BCUT2D eigenvalue weighted by molar-refractivity contribution is 5.95. The average Bonchev–Trinajstić information content (AvgIpc) is 3.16. The van der Waals surface area contributed by atoms with Gasteiger partial charge in [-0.25, -0.2) is 0 Å². The minimum Gasteiger partial charge on any atom is -0.357 e. The Morgan fingerprint density at radius 3 is 2.57 bits per heavy atom. The first kappa shape index (κ1) is 18.9. The fraction of sp³-hybridized carbons (Fsp3) is 0.333. The fourth-order valence-corrected chi connectivity index (χ4v) is 4.64. The largest absolute Gasteiger partial charge is 0.357 e. The van der Waals surface area contributed by atoms with E-state index in [1.165, 1.54) is 16.3 Å². The molecule has 0 bridgehead atoms. The van der Waals surface area contributed by atoms with E-state index in [2.05, 4.69) is 41.3 Å². The molecule has 3 heterocycles. The molecule has 5 rings (SSSR count). The number of hydrogen-bond donors (Lipinski definition) is 0. The van der Waals surface area contributed by atoms with Gasteiger partial charge in [-0.2, -0.15) is 0 Å². The summed E-state index contributed by atoms with van der Waals surface area (Å²) in [6.45, 7) is 3.44. The van der Waals surface area contributed by atoms with Crippen LogP contribution in [0.1, 0.15) is 11.1 Å². The van der Waals surface area contributed by atoms with E-state index in [1.807, 2.05) is 36.1 Å². The summed E-state index contributed by atoms with van der Waals surface area (Å²) in [7, 11) is 1.96.